The molecule has 0 bridgehead atoms. The minimum absolute atomic E-state index is 0.130. The Morgan fingerprint density at radius 2 is 1.80 bits per heavy atom. The third-order valence-corrected chi connectivity index (χ3v) is 16.9. The highest BCUT2D eigenvalue weighted by molar-refractivity contribution is 7.17. The van der Waals surface area contributed by atoms with Crippen LogP contribution in [0.1, 0.15) is 89.0 Å². The third kappa shape index (κ3) is 7.37. The molecule has 3 saturated heterocycles. The minimum Gasteiger partial charge on any atom is -0.487 e. The molecule has 7 aliphatic rings. The second-order valence-corrected chi connectivity index (χ2v) is 21.9. The Kier molecular flexibility index (Phi) is 10.7. The van der Waals surface area contributed by atoms with Gasteiger partial charge in [0.1, 0.15) is 40.7 Å². The number of hydrogen-bond donors (Lipinski definition) is 3. The highest BCUT2D eigenvalue weighted by atomic mass is 32.1. The summed E-state index contributed by atoms with van der Waals surface area (Å²) in [7, 11) is 1.69. The van der Waals surface area contributed by atoms with E-state index in [1.165, 1.54) is 15.8 Å². The first-order valence-corrected chi connectivity index (χ1v) is 25.3. The molecule has 4 atom stereocenters. The van der Waals surface area contributed by atoms with Crippen molar-refractivity contribution < 1.29 is 29.0 Å². The Morgan fingerprint density at radius 1 is 0.943 bits per heavy atom. The number of aliphatic hydroxyl groups is 1. The van der Waals surface area contributed by atoms with Gasteiger partial charge in [0.15, 0.2) is 5.75 Å². The summed E-state index contributed by atoms with van der Waals surface area (Å²) in [5, 5.41) is 17.5. The van der Waals surface area contributed by atoms with Gasteiger partial charge in [-0.05, 0) is 85.9 Å². The molecule has 70 heavy (non-hydrogen) atoms. The number of nitrogens with zero attached hydrogens (tertiary/aromatic N) is 9. The fourth-order valence-corrected chi connectivity index (χ4v) is 13.7. The minimum atomic E-state index is -0.642. The number of rotatable bonds is 8. The number of anilines is 5. The van der Waals surface area contributed by atoms with E-state index in [9.17, 15) is 29.1 Å². The van der Waals surface area contributed by atoms with Crippen LogP contribution < -0.4 is 35.6 Å². The number of amides is 4. The van der Waals surface area contributed by atoms with Crippen molar-refractivity contribution in [2.75, 3.05) is 59.3 Å². The molecule has 1 unspecified atom stereocenters. The van der Waals surface area contributed by atoms with Crippen LogP contribution in [0.15, 0.2) is 53.7 Å². The zero-order valence-electron chi connectivity index (χ0n) is 39.9. The van der Waals surface area contributed by atoms with Crippen LogP contribution >= 0.6 is 11.3 Å². The van der Waals surface area contributed by atoms with E-state index in [1.807, 2.05) is 30.5 Å². The third-order valence-electron chi connectivity index (χ3n) is 15.7. The number of aromatic nitrogens is 4. The number of thiophene rings is 1. The van der Waals surface area contributed by atoms with Crippen LogP contribution in [0.3, 0.4) is 0 Å². The second kappa shape index (κ2) is 16.8. The number of nitrogens with one attached hydrogen (secondary N) is 2. The van der Waals surface area contributed by atoms with Gasteiger partial charge in [0.05, 0.1) is 36.6 Å². The van der Waals surface area contributed by atoms with Crippen molar-refractivity contribution in [1.82, 2.24) is 34.2 Å². The summed E-state index contributed by atoms with van der Waals surface area (Å²) in [5.74, 6) is 0.566. The molecular weight excluding hydrogens is 911 g/mol. The van der Waals surface area contributed by atoms with E-state index < -0.39 is 11.9 Å². The van der Waals surface area contributed by atoms with Crippen molar-refractivity contribution in [3.63, 3.8) is 0 Å². The Labute approximate surface area is 408 Å². The Hall–Kier alpha value is -6.57. The number of aryl methyl sites for hydroxylation is 1. The number of carbonyl (C=O) groups excluding carboxylic acids is 4. The SMILES string of the molecule is C[C@H]1CN([C@H]2CCN3c4sc5c(c4OC[C@@H]3C2)C(=O)N(C2CCC(=O)NC2=O)C5)CCN1c1ccc(Nc2cc(-c3ccnc(N4CCn5c(cc6c5CC(C)(C)C6)C4=O)c3CO)cn(C)c2=O)nc1. The molecule has 12 rings (SSSR count). The van der Waals surface area contributed by atoms with Crippen molar-refractivity contribution in [1.29, 1.82) is 0 Å². The number of fused-ring (bicyclic) bond motifs is 8. The maximum absolute atomic E-state index is 14.0. The van der Waals surface area contributed by atoms with E-state index in [4.69, 9.17) is 9.72 Å². The van der Waals surface area contributed by atoms with Gasteiger partial charge in [0.2, 0.25) is 11.8 Å². The van der Waals surface area contributed by atoms with Crippen molar-refractivity contribution in [2.45, 2.75) is 103 Å². The van der Waals surface area contributed by atoms with Crippen LogP contribution in [0.4, 0.5) is 28.0 Å². The van der Waals surface area contributed by atoms with Gasteiger partial charge < -0.3 is 39.0 Å². The molecule has 0 saturated carbocycles. The van der Waals surface area contributed by atoms with Crippen LogP contribution in [0.25, 0.3) is 11.1 Å². The molecule has 0 spiro atoms. The first kappa shape index (κ1) is 44.6. The molecular formula is C51H57N11O7S. The van der Waals surface area contributed by atoms with Crippen LogP contribution in [0, 0.1) is 5.41 Å². The molecule has 5 aromatic rings. The Bertz CT molecular complexity index is 3070. The lowest BCUT2D eigenvalue weighted by molar-refractivity contribution is -0.136. The number of aliphatic hydroxyl groups excluding tert-OH is 1. The molecule has 3 N–H and O–H groups in total. The fraction of sp³-hybridized carbons (Fsp3) is 0.471. The zero-order valence-corrected chi connectivity index (χ0v) is 40.7. The topological polar surface area (TPSA) is 191 Å². The predicted octanol–water partition coefficient (Wildman–Crippen LogP) is 4.43. The fourth-order valence-electron chi connectivity index (χ4n) is 12.3. The van der Waals surface area contributed by atoms with Crippen molar-refractivity contribution >= 4 is 63.0 Å². The van der Waals surface area contributed by atoms with E-state index in [2.05, 4.69) is 55.7 Å². The number of hydrogen-bond acceptors (Lipinski definition) is 14. The van der Waals surface area contributed by atoms with Gasteiger partial charge in [0.25, 0.3) is 17.4 Å². The van der Waals surface area contributed by atoms with Crippen LogP contribution in [0.5, 0.6) is 5.75 Å². The standard InChI is InChI=1S/C51H57N11O7S/c1-28-23-57(31-10-12-59-33(19-31)27-69-44-43-40(70-50(44)59)25-62(49(43)68)37-6-8-42(64)55-46(37)65)13-14-58(28)32-5-7-41(53-22-32)54-36-17-30(24-56(4)47(36)66)34-9-11-52-45(35(34)26-63)61-16-15-60-38(48(61)67)18-29-20-51(2,3)21-39(29)60/h5,7,9,11,17-18,22,24,28,31,33,37,63H,6,8,10,12-16,19-21,23,25-27H2,1-4H3,(H,53,54)(H,55,64,65)/t28-,31-,33-,37?/m0/s1. The number of carbonyl (C=O) groups is 4. The van der Waals surface area contributed by atoms with Gasteiger partial charge in [0, 0.05) is 98.9 Å². The molecule has 1 aliphatic carbocycles. The average Bonchev–Trinajstić information content (AvgIpc) is 4.07. The first-order valence-electron chi connectivity index (χ1n) is 24.5. The summed E-state index contributed by atoms with van der Waals surface area (Å²) >= 11 is 1.60. The van der Waals surface area contributed by atoms with E-state index in [-0.39, 0.29) is 53.8 Å². The second-order valence-electron chi connectivity index (χ2n) is 20.8. The van der Waals surface area contributed by atoms with Crippen molar-refractivity contribution in [3.8, 4) is 16.9 Å². The summed E-state index contributed by atoms with van der Waals surface area (Å²) in [6.07, 6.45) is 9.65. The summed E-state index contributed by atoms with van der Waals surface area (Å²) < 4.78 is 10.1. The lowest BCUT2D eigenvalue weighted by Gasteiger charge is -2.49. The van der Waals surface area contributed by atoms with E-state index in [0.717, 1.165) is 67.4 Å². The molecule has 0 radical (unpaired) electrons. The van der Waals surface area contributed by atoms with Gasteiger partial charge in [-0.25, -0.2) is 9.97 Å². The average molecular weight is 968 g/mol. The van der Waals surface area contributed by atoms with Crippen LogP contribution in [-0.2, 0) is 49.2 Å². The number of piperazine rings is 1. The highest BCUT2D eigenvalue weighted by Gasteiger charge is 2.47. The summed E-state index contributed by atoms with van der Waals surface area (Å²) in [5.41, 5.74) is 6.88. The summed E-state index contributed by atoms with van der Waals surface area (Å²) in [4.78, 5) is 86.5. The maximum Gasteiger partial charge on any atom is 0.276 e. The van der Waals surface area contributed by atoms with E-state index in [1.54, 1.807) is 46.6 Å². The maximum atomic E-state index is 14.0. The summed E-state index contributed by atoms with van der Waals surface area (Å²) in [6, 6.07) is 9.74. The van der Waals surface area contributed by atoms with Gasteiger partial charge in [-0.3, -0.25) is 39.1 Å². The van der Waals surface area contributed by atoms with Crippen LogP contribution in [0.2, 0.25) is 0 Å². The van der Waals surface area contributed by atoms with Gasteiger partial charge in [-0.15, -0.1) is 11.3 Å². The van der Waals surface area contributed by atoms with Gasteiger partial charge >= 0.3 is 0 Å². The monoisotopic (exact) mass is 967 g/mol. The lowest BCUT2D eigenvalue weighted by atomic mass is 9.90. The molecule has 5 aromatic heterocycles. The molecule has 364 valence electrons. The van der Waals surface area contributed by atoms with Crippen molar-refractivity contribution in [2.24, 2.45) is 12.5 Å². The largest absolute Gasteiger partial charge is 0.487 e. The number of ether oxygens (including phenoxy) is 1. The summed E-state index contributed by atoms with van der Waals surface area (Å²) in [6.45, 7) is 11.9. The number of imide groups is 1. The van der Waals surface area contributed by atoms with Crippen LogP contribution in [-0.4, -0.2) is 121 Å². The molecule has 11 heterocycles. The molecule has 0 aromatic carbocycles. The van der Waals surface area contributed by atoms with Crippen molar-refractivity contribution in [3.05, 3.63) is 92.2 Å². The van der Waals surface area contributed by atoms with E-state index in [0.29, 0.717) is 89.7 Å². The number of piperidine rings is 2. The predicted molar refractivity (Wildman–Crippen MR) is 264 cm³/mol. The van der Waals surface area contributed by atoms with E-state index >= 15 is 0 Å². The highest BCUT2D eigenvalue weighted by Crippen LogP contribution is 2.51. The first-order chi connectivity index (χ1) is 33.7. The van der Waals surface area contributed by atoms with Gasteiger partial charge in [-0.2, -0.15) is 0 Å². The molecule has 3 fully saturated rings. The number of pyridine rings is 3. The molecule has 18 nitrogen and oxygen atoms in total. The smallest absolute Gasteiger partial charge is 0.276 e. The lowest BCUT2D eigenvalue weighted by Crippen LogP contribution is -2.59. The zero-order chi connectivity index (χ0) is 48.3. The molecule has 4 amide bonds. The molecule has 6 aliphatic heterocycles. The van der Waals surface area contributed by atoms with Gasteiger partial charge in [-0.1, -0.05) is 13.8 Å². The normalized spacial score (nSPS) is 24.0. The quantitative estimate of drug-likeness (QED) is 0.186. The Balaban J connectivity index is 0.688. The Morgan fingerprint density at radius 3 is 2.59 bits per heavy atom. The molecule has 19 heteroatoms.